The van der Waals surface area contributed by atoms with Gasteiger partial charge in [0.25, 0.3) is 0 Å². The van der Waals surface area contributed by atoms with E-state index in [0.717, 1.165) is 17.3 Å². The van der Waals surface area contributed by atoms with Gasteiger partial charge >= 0.3 is 0 Å². The Morgan fingerprint density at radius 3 is 2.24 bits per heavy atom. The molecule has 0 atom stereocenters. The molecule has 3 nitrogen and oxygen atoms in total. The highest BCUT2D eigenvalue weighted by molar-refractivity contribution is 5.41. The van der Waals surface area contributed by atoms with Crippen LogP contribution >= 0.6 is 0 Å². The average Bonchev–Trinajstić information content (AvgIpc) is 2.57. The first kappa shape index (κ1) is 12.5. The molecular formula is C14H25N3. The van der Waals surface area contributed by atoms with Crippen LogP contribution < -0.4 is 5.73 Å². The summed E-state index contributed by atoms with van der Waals surface area (Å²) in [6.07, 6.45) is 6.53. The van der Waals surface area contributed by atoms with E-state index in [1.165, 1.54) is 32.1 Å². The van der Waals surface area contributed by atoms with Crippen LogP contribution in [-0.4, -0.2) is 9.55 Å². The average molecular weight is 235 g/mol. The molecule has 0 radical (unpaired) electrons. The molecule has 1 aromatic rings. The Hall–Kier alpha value is -0.990. The fraction of sp³-hybridized carbons (Fsp3) is 0.786. The second kappa shape index (κ2) is 4.35. The minimum atomic E-state index is 0.0653. The molecule has 2 N–H and O–H groups in total. The van der Waals surface area contributed by atoms with Crippen molar-refractivity contribution >= 4 is 5.82 Å². The molecule has 1 aromatic heterocycles. The molecule has 0 amide bonds. The van der Waals surface area contributed by atoms with Gasteiger partial charge in [0.1, 0.15) is 11.6 Å². The highest BCUT2D eigenvalue weighted by Gasteiger charge is 2.27. The van der Waals surface area contributed by atoms with E-state index in [-0.39, 0.29) is 5.41 Å². The second-order valence-electron chi connectivity index (χ2n) is 6.35. The van der Waals surface area contributed by atoms with Crippen LogP contribution in [0.1, 0.15) is 70.3 Å². The van der Waals surface area contributed by atoms with Gasteiger partial charge in [-0.15, -0.1) is 0 Å². The van der Waals surface area contributed by atoms with Crippen LogP contribution in [0, 0.1) is 0 Å². The molecule has 0 unspecified atom stereocenters. The number of nitrogen functional groups attached to an aromatic ring is 1. The Morgan fingerprint density at radius 1 is 1.18 bits per heavy atom. The van der Waals surface area contributed by atoms with Crippen LogP contribution in [0.15, 0.2) is 0 Å². The minimum absolute atomic E-state index is 0.0653. The summed E-state index contributed by atoms with van der Waals surface area (Å²) < 4.78 is 2.07. The Kier molecular flexibility index (Phi) is 3.19. The quantitative estimate of drug-likeness (QED) is 0.811. The molecule has 1 heterocycles. The van der Waals surface area contributed by atoms with Gasteiger partial charge in [0, 0.05) is 18.4 Å². The number of hydrogen-bond donors (Lipinski definition) is 1. The SMILES string of the molecule is Cn1c(C(C)(C)C)nc(C2CCCCC2)c1N. The molecule has 1 saturated carbocycles. The fourth-order valence-corrected chi connectivity index (χ4v) is 2.88. The smallest absolute Gasteiger partial charge is 0.126 e. The molecule has 1 aliphatic rings. The molecule has 3 heteroatoms. The van der Waals surface area contributed by atoms with Crippen LogP contribution in [-0.2, 0) is 12.5 Å². The van der Waals surface area contributed by atoms with Gasteiger partial charge in [-0.3, -0.25) is 0 Å². The second-order valence-corrected chi connectivity index (χ2v) is 6.35. The summed E-state index contributed by atoms with van der Waals surface area (Å²) in [6, 6.07) is 0. The lowest BCUT2D eigenvalue weighted by atomic mass is 9.87. The third-order valence-electron chi connectivity index (χ3n) is 3.83. The number of anilines is 1. The first-order chi connectivity index (χ1) is 7.91. The summed E-state index contributed by atoms with van der Waals surface area (Å²) in [5.41, 5.74) is 7.45. The topological polar surface area (TPSA) is 43.8 Å². The standard InChI is InChI=1S/C14H25N3/c1-14(2,3)13-16-11(12(15)17(13)4)10-8-6-5-7-9-10/h10H,5-9,15H2,1-4H3. The number of hydrogen-bond acceptors (Lipinski definition) is 2. The molecule has 0 aromatic carbocycles. The van der Waals surface area contributed by atoms with Gasteiger partial charge in [-0.2, -0.15) is 0 Å². The van der Waals surface area contributed by atoms with Gasteiger partial charge in [-0.25, -0.2) is 4.98 Å². The zero-order valence-corrected chi connectivity index (χ0v) is 11.6. The number of rotatable bonds is 1. The van der Waals surface area contributed by atoms with E-state index in [1.807, 2.05) is 7.05 Å². The van der Waals surface area contributed by atoms with Crippen LogP contribution in [0.25, 0.3) is 0 Å². The molecule has 0 spiro atoms. The van der Waals surface area contributed by atoms with Crippen molar-refractivity contribution in [3.63, 3.8) is 0 Å². The third-order valence-corrected chi connectivity index (χ3v) is 3.83. The van der Waals surface area contributed by atoms with E-state index in [2.05, 4.69) is 25.3 Å². The first-order valence-corrected chi connectivity index (χ1v) is 6.74. The maximum Gasteiger partial charge on any atom is 0.126 e. The van der Waals surface area contributed by atoms with Gasteiger partial charge in [-0.1, -0.05) is 40.0 Å². The Morgan fingerprint density at radius 2 is 1.76 bits per heavy atom. The summed E-state index contributed by atoms with van der Waals surface area (Å²) in [7, 11) is 2.04. The summed E-state index contributed by atoms with van der Waals surface area (Å²) in [4.78, 5) is 4.84. The van der Waals surface area contributed by atoms with E-state index in [0.29, 0.717) is 5.92 Å². The maximum absolute atomic E-state index is 6.23. The maximum atomic E-state index is 6.23. The molecule has 2 rings (SSSR count). The predicted molar refractivity (Wildman–Crippen MR) is 72.1 cm³/mol. The largest absolute Gasteiger partial charge is 0.384 e. The monoisotopic (exact) mass is 235 g/mol. The van der Waals surface area contributed by atoms with Crippen molar-refractivity contribution in [3.8, 4) is 0 Å². The lowest BCUT2D eigenvalue weighted by Gasteiger charge is -2.20. The summed E-state index contributed by atoms with van der Waals surface area (Å²) in [5.74, 6) is 2.57. The molecule has 0 bridgehead atoms. The molecular weight excluding hydrogens is 210 g/mol. The first-order valence-electron chi connectivity index (χ1n) is 6.74. The molecule has 1 fully saturated rings. The van der Waals surface area contributed by atoms with Crippen LogP contribution in [0.3, 0.4) is 0 Å². The minimum Gasteiger partial charge on any atom is -0.384 e. The van der Waals surface area contributed by atoms with E-state index in [1.54, 1.807) is 0 Å². The van der Waals surface area contributed by atoms with Crippen molar-refractivity contribution in [2.75, 3.05) is 5.73 Å². The normalized spacial score (nSPS) is 18.6. The van der Waals surface area contributed by atoms with Crippen molar-refractivity contribution in [2.24, 2.45) is 7.05 Å². The fourth-order valence-electron chi connectivity index (χ4n) is 2.88. The van der Waals surface area contributed by atoms with E-state index in [4.69, 9.17) is 10.7 Å². The zero-order chi connectivity index (χ0) is 12.6. The molecule has 96 valence electrons. The van der Waals surface area contributed by atoms with Crippen LogP contribution in [0.5, 0.6) is 0 Å². The molecule has 1 aliphatic carbocycles. The van der Waals surface area contributed by atoms with E-state index >= 15 is 0 Å². The molecule has 0 saturated heterocycles. The predicted octanol–water partition coefficient (Wildman–Crippen LogP) is 3.35. The van der Waals surface area contributed by atoms with E-state index < -0.39 is 0 Å². The van der Waals surface area contributed by atoms with Crippen LogP contribution in [0.4, 0.5) is 5.82 Å². The highest BCUT2D eigenvalue weighted by Crippen LogP contribution is 2.36. The van der Waals surface area contributed by atoms with E-state index in [9.17, 15) is 0 Å². The lowest BCUT2D eigenvalue weighted by Crippen LogP contribution is -2.18. The summed E-state index contributed by atoms with van der Waals surface area (Å²) in [6.45, 7) is 6.58. The number of aromatic nitrogens is 2. The van der Waals surface area contributed by atoms with Crippen molar-refractivity contribution in [1.29, 1.82) is 0 Å². The Balaban J connectivity index is 2.35. The Bertz CT molecular complexity index is 392. The van der Waals surface area contributed by atoms with Gasteiger partial charge in [0.15, 0.2) is 0 Å². The van der Waals surface area contributed by atoms with Gasteiger partial charge in [-0.05, 0) is 12.8 Å². The molecule has 17 heavy (non-hydrogen) atoms. The van der Waals surface area contributed by atoms with Gasteiger partial charge < -0.3 is 10.3 Å². The van der Waals surface area contributed by atoms with Crippen LogP contribution in [0.2, 0.25) is 0 Å². The molecule has 0 aliphatic heterocycles. The van der Waals surface area contributed by atoms with Gasteiger partial charge in [0.05, 0.1) is 5.69 Å². The Labute approximate surface area is 104 Å². The van der Waals surface area contributed by atoms with Crippen molar-refractivity contribution in [1.82, 2.24) is 9.55 Å². The van der Waals surface area contributed by atoms with Crippen molar-refractivity contribution in [3.05, 3.63) is 11.5 Å². The number of nitrogens with zero attached hydrogens (tertiary/aromatic N) is 2. The zero-order valence-electron chi connectivity index (χ0n) is 11.6. The summed E-state index contributed by atoms with van der Waals surface area (Å²) in [5, 5.41) is 0. The van der Waals surface area contributed by atoms with Crippen molar-refractivity contribution < 1.29 is 0 Å². The van der Waals surface area contributed by atoms with Gasteiger partial charge in [0.2, 0.25) is 0 Å². The lowest BCUT2D eigenvalue weighted by molar-refractivity contribution is 0.436. The third kappa shape index (κ3) is 2.33. The number of nitrogens with two attached hydrogens (primary N) is 1. The van der Waals surface area contributed by atoms with Crippen molar-refractivity contribution in [2.45, 2.75) is 64.2 Å². The number of imidazole rings is 1. The summed E-state index contributed by atoms with van der Waals surface area (Å²) >= 11 is 0. The highest BCUT2D eigenvalue weighted by atomic mass is 15.1.